The Morgan fingerprint density at radius 1 is 1.16 bits per heavy atom. The molecule has 1 aromatic heterocycles. The Hall–Kier alpha value is -2.14. The van der Waals surface area contributed by atoms with Gasteiger partial charge in [-0.2, -0.15) is 0 Å². The maximum absolute atomic E-state index is 12.5. The summed E-state index contributed by atoms with van der Waals surface area (Å²) < 4.78 is 5.22. The zero-order valence-corrected chi connectivity index (χ0v) is 15.3. The van der Waals surface area contributed by atoms with Crippen LogP contribution in [0.15, 0.2) is 24.3 Å². The fourth-order valence-electron chi connectivity index (χ4n) is 3.06. The summed E-state index contributed by atoms with van der Waals surface area (Å²) in [6.07, 6.45) is 3.51. The molecule has 0 N–H and O–H groups in total. The number of piperidine rings is 1. The average Bonchev–Trinajstić information content (AvgIpc) is 2.62. The van der Waals surface area contributed by atoms with Gasteiger partial charge in [-0.25, -0.2) is 14.8 Å². The van der Waals surface area contributed by atoms with Gasteiger partial charge in [0.15, 0.2) is 0 Å². The molecule has 0 aliphatic carbocycles. The first-order valence-electron chi connectivity index (χ1n) is 8.66. The van der Waals surface area contributed by atoms with Gasteiger partial charge in [-0.15, -0.1) is 0 Å². The first-order chi connectivity index (χ1) is 12.1. The standard InChI is InChI=1S/C19H22ClN3O2/c1-3-25-18(24)16-13(2)21-19(23-11-5-4-6-12-23)22-17(16)14-7-9-15(20)10-8-14/h7-10H,3-6,11-12H2,1-2H3. The van der Waals surface area contributed by atoms with Crippen molar-refractivity contribution in [2.75, 3.05) is 24.6 Å². The summed E-state index contributed by atoms with van der Waals surface area (Å²) in [5, 5.41) is 0.642. The molecule has 0 saturated carbocycles. The number of ether oxygens (including phenoxy) is 1. The predicted molar refractivity (Wildman–Crippen MR) is 99.2 cm³/mol. The molecule has 5 nitrogen and oxygen atoms in total. The zero-order valence-electron chi connectivity index (χ0n) is 14.6. The third-order valence-corrected chi connectivity index (χ3v) is 4.57. The third-order valence-electron chi connectivity index (χ3n) is 4.31. The highest BCUT2D eigenvalue weighted by atomic mass is 35.5. The van der Waals surface area contributed by atoms with Gasteiger partial charge >= 0.3 is 5.97 Å². The van der Waals surface area contributed by atoms with Crippen LogP contribution in [0.1, 0.15) is 42.2 Å². The van der Waals surface area contributed by atoms with Gasteiger partial charge in [0.05, 0.1) is 18.0 Å². The molecule has 2 heterocycles. The van der Waals surface area contributed by atoms with Crippen LogP contribution in [0.4, 0.5) is 5.95 Å². The Balaban J connectivity index is 2.10. The number of anilines is 1. The van der Waals surface area contributed by atoms with Crippen LogP contribution < -0.4 is 4.90 Å². The lowest BCUT2D eigenvalue weighted by Gasteiger charge is -2.27. The topological polar surface area (TPSA) is 55.3 Å². The highest BCUT2D eigenvalue weighted by molar-refractivity contribution is 6.30. The van der Waals surface area contributed by atoms with E-state index in [0.29, 0.717) is 34.5 Å². The van der Waals surface area contributed by atoms with Crippen LogP contribution in [0.3, 0.4) is 0 Å². The van der Waals surface area contributed by atoms with Crippen molar-refractivity contribution in [2.45, 2.75) is 33.1 Å². The van der Waals surface area contributed by atoms with Gasteiger partial charge in [-0.05, 0) is 45.2 Å². The van der Waals surface area contributed by atoms with E-state index in [-0.39, 0.29) is 0 Å². The van der Waals surface area contributed by atoms with Gasteiger partial charge in [0.1, 0.15) is 5.56 Å². The molecule has 2 aromatic rings. The molecule has 6 heteroatoms. The number of rotatable bonds is 4. The Morgan fingerprint density at radius 3 is 2.48 bits per heavy atom. The van der Waals surface area contributed by atoms with E-state index < -0.39 is 5.97 Å². The van der Waals surface area contributed by atoms with E-state index in [2.05, 4.69) is 9.88 Å². The number of nitrogens with zero attached hydrogens (tertiary/aromatic N) is 3. The molecule has 132 valence electrons. The van der Waals surface area contributed by atoms with Crippen LogP contribution in [-0.2, 0) is 4.74 Å². The van der Waals surface area contributed by atoms with Crippen molar-refractivity contribution >= 4 is 23.5 Å². The summed E-state index contributed by atoms with van der Waals surface area (Å²) in [4.78, 5) is 24.0. The van der Waals surface area contributed by atoms with Crippen LogP contribution in [0.2, 0.25) is 5.02 Å². The van der Waals surface area contributed by atoms with Gasteiger partial charge in [-0.1, -0.05) is 23.7 Å². The largest absolute Gasteiger partial charge is 0.462 e. The number of esters is 1. The number of aromatic nitrogens is 2. The fraction of sp³-hybridized carbons (Fsp3) is 0.421. The van der Waals surface area contributed by atoms with Crippen molar-refractivity contribution in [3.8, 4) is 11.3 Å². The summed E-state index contributed by atoms with van der Waals surface area (Å²) in [6, 6.07) is 7.33. The molecule has 1 aliphatic rings. The van der Waals surface area contributed by atoms with Gasteiger partial charge < -0.3 is 9.64 Å². The van der Waals surface area contributed by atoms with Crippen LogP contribution in [0.5, 0.6) is 0 Å². The second-order valence-electron chi connectivity index (χ2n) is 6.11. The van der Waals surface area contributed by atoms with Gasteiger partial charge in [0.25, 0.3) is 0 Å². The lowest BCUT2D eigenvalue weighted by molar-refractivity contribution is 0.0525. The molecule has 0 radical (unpaired) electrons. The van der Waals surface area contributed by atoms with Gasteiger partial charge in [0, 0.05) is 23.7 Å². The molecule has 25 heavy (non-hydrogen) atoms. The molecule has 0 spiro atoms. The highest BCUT2D eigenvalue weighted by Gasteiger charge is 2.23. The second-order valence-corrected chi connectivity index (χ2v) is 6.54. The lowest BCUT2D eigenvalue weighted by Crippen LogP contribution is -2.31. The molecule has 0 amide bonds. The second kappa shape index (κ2) is 7.83. The number of benzene rings is 1. The van der Waals surface area contributed by atoms with Gasteiger partial charge in [-0.3, -0.25) is 0 Å². The minimum absolute atomic E-state index is 0.312. The summed E-state index contributed by atoms with van der Waals surface area (Å²) >= 11 is 6.00. The quantitative estimate of drug-likeness (QED) is 0.763. The Labute approximate surface area is 153 Å². The molecule has 0 atom stereocenters. The van der Waals surface area contributed by atoms with E-state index in [1.54, 1.807) is 19.1 Å². The third kappa shape index (κ3) is 3.93. The minimum atomic E-state index is -0.393. The number of carbonyl (C=O) groups excluding carboxylic acids is 1. The Morgan fingerprint density at radius 2 is 1.84 bits per heavy atom. The molecule has 1 aromatic carbocycles. The minimum Gasteiger partial charge on any atom is -0.462 e. The molecule has 1 fully saturated rings. The van der Waals surface area contributed by atoms with Crippen LogP contribution in [0, 0.1) is 6.92 Å². The van der Waals surface area contributed by atoms with Crippen molar-refractivity contribution < 1.29 is 9.53 Å². The average molecular weight is 360 g/mol. The number of hydrogen-bond acceptors (Lipinski definition) is 5. The monoisotopic (exact) mass is 359 g/mol. The first-order valence-corrected chi connectivity index (χ1v) is 9.04. The van der Waals surface area contributed by atoms with Crippen molar-refractivity contribution in [2.24, 2.45) is 0 Å². The zero-order chi connectivity index (χ0) is 17.8. The van der Waals surface area contributed by atoms with E-state index in [9.17, 15) is 4.79 Å². The molecule has 1 saturated heterocycles. The molecular weight excluding hydrogens is 338 g/mol. The lowest BCUT2D eigenvalue weighted by atomic mass is 10.0. The first kappa shape index (κ1) is 17.7. The molecule has 3 rings (SSSR count). The molecule has 1 aliphatic heterocycles. The normalized spacial score (nSPS) is 14.4. The van der Waals surface area contributed by atoms with E-state index in [1.807, 2.05) is 19.1 Å². The van der Waals surface area contributed by atoms with Crippen molar-refractivity contribution in [1.29, 1.82) is 0 Å². The van der Waals surface area contributed by atoms with E-state index in [4.69, 9.17) is 21.3 Å². The molecule has 0 unspecified atom stereocenters. The maximum atomic E-state index is 12.5. The Bertz CT molecular complexity index is 756. The van der Waals surface area contributed by atoms with Crippen LogP contribution in [0.25, 0.3) is 11.3 Å². The smallest absolute Gasteiger partial charge is 0.342 e. The highest BCUT2D eigenvalue weighted by Crippen LogP contribution is 2.28. The summed E-state index contributed by atoms with van der Waals surface area (Å²) in [7, 11) is 0. The number of halogens is 1. The maximum Gasteiger partial charge on any atom is 0.342 e. The SMILES string of the molecule is CCOC(=O)c1c(C)nc(N2CCCCC2)nc1-c1ccc(Cl)cc1. The van der Waals surface area contributed by atoms with E-state index >= 15 is 0 Å². The van der Waals surface area contributed by atoms with E-state index in [0.717, 1.165) is 31.5 Å². The van der Waals surface area contributed by atoms with Crippen LogP contribution >= 0.6 is 11.6 Å². The van der Waals surface area contributed by atoms with Crippen molar-refractivity contribution in [1.82, 2.24) is 9.97 Å². The number of hydrogen-bond donors (Lipinski definition) is 0. The number of aryl methyl sites for hydroxylation is 1. The Kier molecular flexibility index (Phi) is 5.53. The molecule has 0 bridgehead atoms. The van der Waals surface area contributed by atoms with E-state index in [1.165, 1.54) is 6.42 Å². The van der Waals surface area contributed by atoms with Crippen molar-refractivity contribution in [3.63, 3.8) is 0 Å². The fourth-order valence-corrected chi connectivity index (χ4v) is 3.18. The predicted octanol–water partition coefficient (Wildman–Crippen LogP) is 4.27. The van der Waals surface area contributed by atoms with Crippen molar-refractivity contribution in [3.05, 3.63) is 40.5 Å². The summed E-state index contributed by atoms with van der Waals surface area (Å²) in [5.41, 5.74) is 2.49. The van der Waals surface area contributed by atoms with Gasteiger partial charge in [0.2, 0.25) is 5.95 Å². The number of carbonyl (C=O) groups is 1. The summed E-state index contributed by atoms with van der Waals surface area (Å²) in [5.74, 6) is 0.283. The summed E-state index contributed by atoms with van der Waals surface area (Å²) in [6.45, 7) is 5.82. The van der Waals surface area contributed by atoms with Crippen LogP contribution in [-0.4, -0.2) is 35.6 Å². The molecular formula is C19H22ClN3O2.